The van der Waals surface area contributed by atoms with Crippen molar-refractivity contribution in [1.29, 1.82) is 0 Å². The van der Waals surface area contributed by atoms with Crippen molar-refractivity contribution < 1.29 is 40.7 Å². The molecule has 1 N–H and O–H groups in total. The molecule has 2 heterocycles. The molecular weight excluding hydrogens is 663 g/mol. The second kappa shape index (κ2) is 12.8. The number of pyridine rings is 1. The fourth-order valence-corrected chi connectivity index (χ4v) is 7.99. The lowest BCUT2D eigenvalue weighted by molar-refractivity contribution is 0.0495. The third-order valence-electron chi connectivity index (χ3n) is 5.82. The van der Waals surface area contributed by atoms with Crippen LogP contribution in [-0.2, 0) is 31.2 Å². The third-order valence-corrected chi connectivity index (χ3v) is 10.9. The fraction of sp³-hybridized carbons (Fsp3) is 0.296. The van der Waals surface area contributed by atoms with Crippen molar-refractivity contribution in [1.82, 2.24) is 4.98 Å². The number of nitrogens with zero attached hydrogens (tertiary/aromatic N) is 1. The summed E-state index contributed by atoms with van der Waals surface area (Å²) in [6, 6.07) is 16.2. The zero-order chi connectivity index (χ0) is 29.8. The van der Waals surface area contributed by atoms with Gasteiger partial charge < -0.3 is 18.9 Å². The highest BCUT2D eigenvalue weighted by Crippen LogP contribution is 2.66. The molecule has 41 heavy (non-hydrogen) atoms. The van der Waals surface area contributed by atoms with E-state index >= 15 is 8.78 Å². The predicted molar refractivity (Wildman–Crippen MR) is 159 cm³/mol. The number of benzene rings is 2. The van der Waals surface area contributed by atoms with Crippen molar-refractivity contribution in [2.24, 2.45) is 0 Å². The minimum Gasteiger partial charge on any atom is -0.492 e. The van der Waals surface area contributed by atoms with Gasteiger partial charge in [0.05, 0.1) is 29.4 Å². The van der Waals surface area contributed by atoms with E-state index in [1.54, 1.807) is 30.5 Å². The predicted octanol–water partition coefficient (Wildman–Crippen LogP) is 7.39. The molecule has 0 aliphatic heterocycles. The normalized spacial score (nSPS) is 13.7. The second-order valence-electron chi connectivity index (χ2n) is 9.06. The summed E-state index contributed by atoms with van der Waals surface area (Å²) in [5.41, 5.74) is -2.26. The van der Waals surface area contributed by atoms with Crippen LogP contribution in [0.1, 0.15) is 23.8 Å². The number of aromatic nitrogens is 1. The third kappa shape index (κ3) is 7.52. The summed E-state index contributed by atoms with van der Waals surface area (Å²) in [5.74, 6) is 0.613. The van der Waals surface area contributed by atoms with Crippen molar-refractivity contribution in [2.75, 3.05) is 25.2 Å². The lowest BCUT2D eigenvalue weighted by Gasteiger charge is -2.20. The molecule has 0 amide bonds. The molecule has 0 spiro atoms. The summed E-state index contributed by atoms with van der Waals surface area (Å²) in [5, 5.41) is 0.300. The number of hydrogen-bond donors (Lipinski definition) is 1. The van der Waals surface area contributed by atoms with Gasteiger partial charge in [0.25, 0.3) is 0 Å². The Labute approximate surface area is 248 Å². The second-order valence-corrected chi connectivity index (χ2v) is 15.0. The van der Waals surface area contributed by atoms with Crippen LogP contribution < -0.4 is 9.47 Å². The highest BCUT2D eigenvalue weighted by molar-refractivity contribution is 9.10. The zero-order valence-corrected chi connectivity index (χ0v) is 26.2. The van der Waals surface area contributed by atoms with E-state index in [-0.39, 0.29) is 40.3 Å². The van der Waals surface area contributed by atoms with Gasteiger partial charge in [0.15, 0.2) is 0 Å². The molecule has 0 aliphatic rings. The summed E-state index contributed by atoms with van der Waals surface area (Å²) in [6.07, 6.45) is 2.84. The lowest BCUT2D eigenvalue weighted by Crippen LogP contribution is -2.14. The van der Waals surface area contributed by atoms with E-state index < -0.39 is 28.0 Å². The van der Waals surface area contributed by atoms with Gasteiger partial charge in [0.2, 0.25) is 0 Å². The van der Waals surface area contributed by atoms with Gasteiger partial charge in [0, 0.05) is 33.9 Å². The molecule has 1 unspecified atom stereocenters. The molecule has 8 nitrogen and oxygen atoms in total. The number of alkyl halides is 2. The van der Waals surface area contributed by atoms with Gasteiger partial charge in [-0.2, -0.15) is 8.78 Å². The summed E-state index contributed by atoms with van der Waals surface area (Å²) in [7, 11) is -8.59. The van der Waals surface area contributed by atoms with Crippen LogP contribution in [0.15, 0.2) is 65.3 Å². The molecule has 0 saturated carbocycles. The van der Waals surface area contributed by atoms with E-state index in [2.05, 4.69) is 25.4 Å². The molecule has 4 rings (SSSR count). The fourth-order valence-electron chi connectivity index (χ4n) is 3.88. The van der Waals surface area contributed by atoms with Crippen molar-refractivity contribution in [3.63, 3.8) is 0 Å². The van der Waals surface area contributed by atoms with Crippen LogP contribution in [0.2, 0.25) is 0 Å². The average molecular weight is 691 g/mol. The van der Waals surface area contributed by atoms with Crippen LogP contribution in [0.5, 0.6) is 11.5 Å². The van der Waals surface area contributed by atoms with E-state index in [9.17, 15) is 17.9 Å². The van der Waals surface area contributed by atoms with Gasteiger partial charge in [-0.25, -0.2) is 8.42 Å². The molecule has 4 aromatic rings. The Morgan fingerprint density at radius 3 is 2.54 bits per heavy atom. The van der Waals surface area contributed by atoms with E-state index in [0.717, 1.165) is 11.8 Å². The largest absolute Gasteiger partial charge is 0.492 e. The molecule has 2 aromatic heterocycles. The molecule has 0 aliphatic carbocycles. The number of thiophene rings is 1. The highest BCUT2D eigenvalue weighted by atomic mass is 79.9. The summed E-state index contributed by atoms with van der Waals surface area (Å²) in [4.78, 5) is 13.7. The molecule has 220 valence electrons. The minimum atomic E-state index is -5.36. The van der Waals surface area contributed by atoms with Gasteiger partial charge in [-0.05, 0) is 53.0 Å². The quantitative estimate of drug-likeness (QED) is 0.114. The van der Waals surface area contributed by atoms with Crippen molar-refractivity contribution in [3.05, 3.63) is 75.7 Å². The maximum absolute atomic E-state index is 15.3. The van der Waals surface area contributed by atoms with E-state index in [1.165, 1.54) is 6.92 Å². The number of rotatable bonds is 13. The number of fused-ring (bicyclic) bond motifs is 1. The monoisotopic (exact) mass is 689 g/mol. The maximum Gasteiger partial charge on any atom is 0.402 e. The molecule has 0 radical (unpaired) electrons. The smallest absolute Gasteiger partial charge is 0.402 e. The first kappa shape index (κ1) is 31.5. The summed E-state index contributed by atoms with van der Waals surface area (Å²) in [6.45, 7) is 1.29. The Morgan fingerprint density at radius 2 is 1.85 bits per heavy atom. The number of halogens is 3. The Bertz CT molecular complexity index is 1680. The van der Waals surface area contributed by atoms with Crippen LogP contribution >= 0.6 is 34.9 Å². The Balaban J connectivity index is 1.75. The van der Waals surface area contributed by atoms with Crippen LogP contribution in [0, 0.1) is 0 Å². The molecule has 0 saturated heterocycles. The minimum absolute atomic E-state index is 0.00202. The molecule has 1 atom stereocenters. The molecular formula is C27H27BrF2NO7PS2. The topological polar surface area (TPSA) is 112 Å². The van der Waals surface area contributed by atoms with Crippen LogP contribution in [0.4, 0.5) is 8.78 Å². The SMILES string of the molecule is CCOP(=O)(O)C(F)(F)c1sc2c(OCCCS(C)(=O)=O)cc(-c3cc(OCc4ccccc4)ccn3)cc2c1Br. The summed E-state index contributed by atoms with van der Waals surface area (Å²) >= 11 is 3.80. The number of hydrogen-bond acceptors (Lipinski definition) is 8. The standard InChI is InChI=1S/C27H27BrF2NO7PS2/c1-3-38-39(32,33)27(29,30)26-24(28)21-14-19(15-23(25(21)40-26)36-12-7-13-41(2,34)35)22-16-20(10-11-31-22)37-17-18-8-5-4-6-9-18/h4-6,8-11,14-16H,3,7,12-13,17H2,1-2H3,(H,32,33). The first-order chi connectivity index (χ1) is 19.3. The van der Waals surface area contributed by atoms with E-state index in [1.807, 2.05) is 30.3 Å². The maximum atomic E-state index is 15.3. The van der Waals surface area contributed by atoms with Crippen LogP contribution in [0.25, 0.3) is 21.3 Å². The average Bonchev–Trinajstić information content (AvgIpc) is 3.27. The van der Waals surface area contributed by atoms with Gasteiger partial charge in [-0.3, -0.25) is 9.55 Å². The Morgan fingerprint density at radius 1 is 1.12 bits per heavy atom. The molecule has 14 heteroatoms. The number of ether oxygens (including phenoxy) is 2. The van der Waals surface area contributed by atoms with Crippen LogP contribution in [-0.4, -0.2) is 43.5 Å². The van der Waals surface area contributed by atoms with Crippen molar-refractivity contribution >= 4 is 54.8 Å². The van der Waals surface area contributed by atoms with Crippen molar-refractivity contribution in [3.8, 4) is 22.8 Å². The summed E-state index contributed by atoms with van der Waals surface area (Å²) < 4.78 is 82.6. The highest BCUT2D eigenvalue weighted by Gasteiger charge is 2.55. The van der Waals surface area contributed by atoms with E-state index in [0.29, 0.717) is 40.3 Å². The van der Waals surface area contributed by atoms with Gasteiger partial charge >= 0.3 is 13.3 Å². The Hall–Kier alpha value is -2.41. The lowest BCUT2D eigenvalue weighted by atomic mass is 10.1. The zero-order valence-electron chi connectivity index (χ0n) is 22.1. The van der Waals surface area contributed by atoms with E-state index in [4.69, 9.17) is 9.47 Å². The Kier molecular flexibility index (Phi) is 9.88. The molecule has 0 fully saturated rings. The van der Waals surface area contributed by atoms with Gasteiger partial charge in [0.1, 0.15) is 32.8 Å². The van der Waals surface area contributed by atoms with Gasteiger partial charge in [-0.15, -0.1) is 11.3 Å². The van der Waals surface area contributed by atoms with Gasteiger partial charge in [-0.1, -0.05) is 30.3 Å². The first-order valence-electron chi connectivity index (χ1n) is 12.4. The van der Waals surface area contributed by atoms with Crippen molar-refractivity contribution in [2.45, 2.75) is 25.6 Å². The molecule has 0 bridgehead atoms. The number of sulfone groups is 1. The molecule has 2 aromatic carbocycles. The van der Waals surface area contributed by atoms with Crippen LogP contribution in [0.3, 0.4) is 0 Å². The first-order valence-corrected chi connectivity index (χ1v) is 17.6.